The first kappa shape index (κ1) is 14.0. The lowest BCUT2D eigenvalue weighted by Gasteiger charge is -2.08. The molecule has 5 heteroatoms. The number of aryl methyl sites for hydroxylation is 1. The van der Waals surface area contributed by atoms with Crippen LogP contribution in [0.2, 0.25) is 5.02 Å². The molecule has 0 unspecified atom stereocenters. The fourth-order valence-electron chi connectivity index (χ4n) is 1.67. The summed E-state index contributed by atoms with van der Waals surface area (Å²) < 4.78 is 27.2. The molecule has 1 aliphatic carbocycles. The van der Waals surface area contributed by atoms with Crippen LogP contribution >= 0.6 is 11.6 Å². The van der Waals surface area contributed by atoms with Crippen LogP contribution in [-0.2, 0) is 0 Å². The van der Waals surface area contributed by atoms with Gasteiger partial charge in [-0.2, -0.15) is 0 Å². The van der Waals surface area contributed by atoms with E-state index >= 15 is 0 Å². The van der Waals surface area contributed by atoms with Crippen molar-refractivity contribution in [3.05, 3.63) is 45.6 Å². The van der Waals surface area contributed by atoms with Gasteiger partial charge in [0.25, 0.3) is 0 Å². The Balaban J connectivity index is 2.30. The molecule has 1 fully saturated rings. The number of carbonyl (C=O) groups excluding carboxylic acids is 1. The van der Waals surface area contributed by atoms with Crippen molar-refractivity contribution in [3.63, 3.8) is 0 Å². The molecule has 102 valence electrons. The SMILES string of the molecule is CC(=CNC1CC1)C(=O)c1cc(C)c(F)c(Cl)c1F. The monoisotopic (exact) mass is 285 g/mol. The van der Waals surface area contributed by atoms with E-state index in [-0.39, 0.29) is 11.1 Å². The van der Waals surface area contributed by atoms with Gasteiger partial charge in [-0.05, 0) is 38.3 Å². The summed E-state index contributed by atoms with van der Waals surface area (Å²) in [4.78, 5) is 12.1. The van der Waals surface area contributed by atoms with Crippen LogP contribution in [0.5, 0.6) is 0 Å². The highest BCUT2D eigenvalue weighted by Gasteiger charge is 2.22. The number of hydrogen-bond donors (Lipinski definition) is 1. The molecule has 0 aromatic heterocycles. The first-order valence-electron chi connectivity index (χ1n) is 6.03. The Morgan fingerprint density at radius 1 is 1.42 bits per heavy atom. The molecule has 2 nitrogen and oxygen atoms in total. The second-order valence-electron chi connectivity index (χ2n) is 4.78. The Kier molecular flexibility index (Phi) is 3.90. The zero-order valence-corrected chi connectivity index (χ0v) is 11.4. The minimum absolute atomic E-state index is 0.151. The van der Waals surface area contributed by atoms with Gasteiger partial charge in [-0.25, -0.2) is 8.78 Å². The summed E-state index contributed by atoms with van der Waals surface area (Å²) >= 11 is 5.54. The van der Waals surface area contributed by atoms with Gasteiger partial charge in [-0.15, -0.1) is 0 Å². The van der Waals surface area contributed by atoms with Gasteiger partial charge in [-0.3, -0.25) is 4.79 Å². The number of rotatable bonds is 4. The van der Waals surface area contributed by atoms with E-state index in [0.717, 1.165) is 12.8 Å². The lowest BCUT2D eigenvalue weighted by molar-refractivity contribution is 0.103. The summed E-state index contributed by atoms with van der Waals surface area (Å²) in [6.07, 6.45) is 3.73. The molecule has 19 heavy (non-hydrogen) atoms. The number of ketones is 1. The van der Waals surface area contributed by atoms with E-state index in [1.165, 1.54) is 13.0 Å². The van der Waals surface area contributed by atoms with Crippen molar-refractivity contribution in [2.45, 2.75) is 32.7 Å². The molecule has 1 aromatic rings. The van der Waals surface area contributed by atoms with Crippen LogP contribution < -0.4 is 5.32 Å². The number of hydrogen-bond acceptors (Lipinski definition) is 2. The summed E-state index contributed by atoms with van der Waals surface area (Å²) in [6.45, 7) is 3.03. The molecular weight excluding hydrogens is 272 g/mol. The summed E-state index contributed by atoms with van der Waals surface area (Å²) in [6, 6.07) is 1.60. The van der Waals surface area contributed by atoms with Crippen molar-refractivity contribution in [2.75, 3.05) is 0 Å². The smallest absolute Gasteiger partial charge is 0.193 e. The minimum atomic E-state index is -1.01. The molecule has 1 aromatic carbocycles. The van der Waals surface area contributed by atoms with Crippen LogP contribution in [0.4, 0.5) is 8.78 Å². The summed E-state index contributed by atoms with van der Waals surface area (Å²) in [5, 5.41) is 2.42. The standard InChI is InChI=1S/C14H14ClF2NO/c1-7-5-10(13(17)11(15)12(7)16)14(19)8(2)6-18-9-3-4-9/h5-6,9,18H,3-4H2,1-2H3. The van der Waals surface area contributed by atoms with Gasteiger partial charge in [0.1, 0.15) is 10.8 Å². The van der Waals surface area contributed by atoms with Gasteiger partial charge in [0.2, 0.25) is 0 Å². The maximum absolute atomic E-state index is 13.8. The third kappa shape index (κ3) is 2.95. The van der Waals surface area contributed by atoms with Gasteiger partial charge in [0.05, 0.1) is 5.56 Å². The first-order chi connectivity index (χ1) is 8.91. The highest BCUT2D eigenvalue weighted by Crippen LogP contribution is 2.26. The Morgan fingerprint density at radius 2 is 2.05 bits per heavy atom. The van der Waals surface area contributed by atoms with Crippen molar-refractivity contribution in [1.82, 2.24) is 5.32 Å². The number of nitrogens with one attached hydrogen (secondary N) is 1. The molecule has 0 spiro atoms. The molecule has 0 radical (unpaired) electrons. The number of halogens is 3. The van der Waals surface area contributed by atoms with Crippen molar-refractivity contribution in [3.8, 4) is 0 Å². The van der Waals surface area contributed by atoms with Crippen LogP contribution in [0.25, 0.3) is 0 Å². The molecule has 0 heterocycles. The predicted molar refractivity (Wildman–Crippen MR) is 70.4 cm³/mol. The van der Waals surface area contributed by atoms with E-state index in [0.29, 0.717) is 11.6 Å². The zero-order valence-electron chi connectivity index (χ0n) is 10.7. The van der Waals surface area contributed by atoms with Crippen molar-refractivity contribution in [2.24, 2.45) is 0 Å². The maximum Gasteiger partial charge on any atom is 0.193 e. The summed E-state index contributed by atoms with van der Waals surface area (Å²) in [5.74, 6) is -2.32. The van der Waals surface area contributed by atoms with Crippen LogP contribution in [-0.4, -0.2) is 11.8 Å². The molecule has 0 aliphatic heterocycles. The summed E-state index contributed by atoms with van der Waals surface area (Å²) in [5.41, 5.74) is 0.320. The predicted octanol–water partition coefficient (Wildman–Crippen LogP) is 3.77. The topological polar surface area (TPSA) is 29.1 Å². The van der Waals surface area contributed by atoms with Crippen LogP contribution in [0, 0.1) is 18.6 Å². The van der Waals surface area contributed by atoms with E-state index in [4.69, 9.17) is 11.6 Å². The van der Waals surface area contributed by atoms with Crippen molar-refractivity contribution >= 4 is 17.4 Å². The van der Waals surface area contributed by atoms with Crippen LogP contribution in [0.15, 0.2) is 17.8 Å². The number of Topliss-reactive ketones (excluding diaryl/α,β-unsaturated/α-hetero) is 1. The maximum atomic E-state index is 13.8. The number of carbonyl (C=O) groups is 1. The molecule has 0 amide bonds. The van der Waals surface area contributed by atoms with Gasteiger partial charge >= 0.3 is 0 Å². The lowest BCUT2D eigenvalue weighted by atomic mass is 10.0. The largest absolute Gasteiger partial charge is 0.388 e. The lowest BCUT2D eigenvalue weighted by Crippen LogP contribution is -2.12. The fraction of sp³-hybridized carbons (Fsp3) is 0.357. The molecule has 0 saturated heterocycles. The van der Waals surface area contributed by atoms with Gasteiger partial charge in [-0.1, -0.05) is 11.6 Å². The Bertz CT molecular complexity index is 565. The van der Waals surface area contributed by atoms with E-state index in [1.807, 2.05) is 0 Å². The average molecular weight is 286 g/mol. The fourth-order valence-corrected chi connectivity index (χ4v) is 1.92. The summed E-state index contributed by atoms with van der Waals surface area (Å²) in [7, 11) is 0. The van der Waals surface area contributed by atoms with E-state index in [2.05, 4.69) is 5.32 Å². The Morgan fingerprint density at radius 3 is 2.63 bits per heavy atom. The highest BCUT2D eigenvalue weighted by atomic mass is 35.5. The van der Waals surface area contributed by atoms with E-state index in [9.17, 15) is 13.6 Å². The first-order valence-corrected chi connectivity index (χ1v) is 6.41. The molecule has 0 atom stereocenters. The normalized spacial score (nSPS) is 15.5. The Labute approximate surface area is 115 Å². The van der Waals surface area contributed by atoms with E-state index in [1.54, 1.807) is 13.1 Å². The Hall–Kier alpha value is -1.42. The molecule has 2 rings (SSSR count). The zero-order chi connectivity index (χ0) is 14.2. The van der Waals surface area contributed by atoms with Crippen LogP contribution in [0.1, 0.15) is 35.7 Å². The molecular formula is C14H14ClF2NO. The number of benzene rings is 1. The van der Waals surface area contributed by atoms with Crippen LogP contribution in [0.3, 0.4) is 0 Å². The molecule has 1 saturated carbocycles. The third-order valence-corrected chi connectivity index (χ3v) is 3.38. The number of allylic oxidation sites excluding steroid dienone is 1. The van der Waals surface area contributed by atoms with Crippen molar-refractivity contribution < 1.29 is 13.6 Å². The van der Waals surface area contributed by atoms with Crippen molar-refractivity contribution in [1.29, 1.82) is 0 Å². The second kappa shape index (κ2) is 5.29. The molecule has 1 aliphatic rings. The minimum Gasteiger partial charge on any atom is -0.388 e. The van der Waals surface area contributed by atoms with E-state index < -0.39 is 22.4 Å². The highest BCUT2D eigenvalue weighted by molar-refractivity contribution is 6.31. The van der Waals surface area contributed by atoms with Gasteiger partial charge in [0, 0.05) is 17.8 Å². The average Bonchev–Trinajstić information content (AvgIpc) is 3.21. The second-order valence-corrected chi connectivity index (χ2v) is 5.16. The third-order valence-electron chi connectivity index (χ3n) is 3.04. The van der Waals surface area contributed by atoms with Gasteiger partial charge in [0.15, 0.2) is 11.6 Å². The molecule has 1 N–H and O–H groups in total. The van der Waals surface area contributed by atoms with Gasteiger partial charge < -0.3 is 5.32 Å². The quantitative estimate of drug-likeness (QED) is 0.518. The molecule has 0 bridgehead atoms.